The zero-order chi connectivity index (χ0) is 16.0. The van der Waals surface area contributed by atoms with Crippen LogP contribution in [0.2, 0.25) is 10.0 Å². The third kappa shape index (κ3) is 5.53. The van der Waals surface area contributed by atoms with Crippen LogP contribution in [0.1, 0.15) is 6.92 Å². The topological polar surface area (TPSA) is 52.7 Å². The van der Waals surface area contributed by atoms with Gasteiger partial charge in [0.05, 0.1) is 15.7 Å². The number of hydrogen-bond donors (Lipinski definition) is 1. The van der Waals surface area contributed by atoms with Crippen molar-refractivity contribution in [2.45, 2.75) is 6.92 Å². The van der Waals surface area contributed by atoms with E-state index in [1.807, 2.05) is 19.0 Å². The minimum atomic E-state index is -0.298. The van der Waals surface area contributed by atoms with Crippen molar-refractivity contribution in [3.63, 3.8) is 0 Å². The average Bonchev–Trinajstić information content (AvgIpc) is 2.36. The number of hydrogen-bond acceptors (Lipinski definition) is 3. The number of nitrogens with one attached hydrogen (secondary N) is 1. The fraction of sp³-hybridized carbons (Fsp3) is 0.429. The van der Waals surface area contributed by atoms with Crippen LogP contribution >= 0.6 is 23.2 Å². The fourth-order valence-electron chi connectivity index (χ4n) is 1.71. The highest BCUT2D eigenvalue weighted by Gasteiger charge is 2.20. The van der Waals surface area contributed by atoms with Gasteiger partial charge in [-0.2, -0.15) is 0 Å². The lowest BCUT2D eigenvalue weighted by molar-refractivity contribution is -0.123. The van der Waals surface area contributed by atoms with Gasteiger partial charge in [0.1, 0.15) is 6.54 Å². The zero-order valence-corrected chi connectivity index (χ0v) is 13.8. The van der Waals surface area contributed by atoms with Crippen molar-refractivity contribution in [2.24, 2.45) is 0 Å². The second-order valence-electron chi connectivity index (χ2n) is 4.83. The smallest absolute Gasteiger partial charge is 0.240 e. The Hall–Kier alpha value is -1.30. The lowest BCUT2D eigenvalue weighted by atomic mass is 10.2. The molecule has 7 heteroatoms. The molecule has 0 atom stereocenters. The van der Waals surface area contributed by atoms with Gasteiger partial charge in [-0.25, -0.2) is 0 Å². The van der Waals surface area contributed by atoms with Crippen LogP contribution in [-0.4, -0.2) is 50.4 Å². The Morgan fingerprint density at radius 1 is 1.19 bits per heavy atom. The molecule has 1 rings (SSSR count). The summed E-state index contributed by atoms with van der Waals surface area (Å²) in [5, 5.41) is 3.41. The van der Waals surface area contributed by atoms with Gasteiger partial charge in [0, 0.05) is 20.0 Å². The van der Waals surface area contributed by atoms with Crippen LogP contribution in [0.15, 0.2) is 18.2 Å². The van der Waals surface area contributed by atoms with Crippen molar-refractivity contribution in [3.8, 4) is 0 Å². The molecule has 1 N–H and O–H groups in total. The van der Waals surface area contributed by atoms with E-state index in [1.165, 1.54) is 11.8 Å². The molecular weight excluding hydrogens is 313 g/mol. The number of amides is 2. The Kier molecular flexibility index (Phi) is 6.95. The molecule has 5 nitrogen and oxygen atoms in total. The number of rotatable bonds is 6. The minimum absolute atomic E-state index is 0.119. The molecule has 0 unspecified atom stereocenters. The highest BCUT2D eigenvalue weighted by atomic mass is 35.5. The minimum Gasteiger partial charge on any atom is -0.353 e. The van der Waals surface area contributed by atoms with Crippen LogP contribution in [0, 0.1) is 0 Å². The van der Waals surface area contributed by atoms with Gasteiger partial charge < -0.3 is 15.1 Å². The maximum Gasteiger partial charge on any atom is 0.240 e. The van der Waals surface area contributed by atoms with E-state index < -0.39 is 0 Å². The first-order chi connectivity index (χ1) is 9.82. The molecule has 116 valence electrons. The monoisotopic (exact) mass is 331 g/mol. The van der Waals surface area contributed by atoms with E-state index >= 15 is 0 Å². The summed E-state index contributed by atoms with van der Waals surface area (Å²) in [7, 11) is 3.83. The van der Waals surface area contributed by atoms with Crippen molar-refractivity contribution in [1.82, 2.24) is 10.2 Å². The molecule has 1 aromatic rings. The van der Waals surface area contributed by atoms with Crippen molar-refractivity contribution in [3.05, 3.63) is 28.2 Å². The van der Waals surface area contributed by atoms with Crippen molar-refractivity contribution in [2.75, 3.05) is 38.6 Å². The Bertz CT molecular complexity index is 501. The van der Waals surface area contributed by atoms with Crippen LogP contribution in [0.4, 0.5) is 5.69 Å². The number of benzene rings is 1. The summed E-state index contributed by atoms with van der Waals surface area (Å²) in [6.07, 6.45) is 0. The molecule has 21 heavy (non-hydrogen) atoms. The first-order valence-corrected chi connectivity index (χ1v) is 7.22. The summed E-state index contributed by atoms with van der Waals surface area (Å²) >= 11 is 12.2. The first-order valence-electron chi connectivity index (χ1n) is 6.46. The van der Waals surface area contributed by atoms with E-state index in [9.17, 15) is 9.59 Å². The third-order valence-corrected chi connectivity index (χ3v) is 3.38. The van der Waals surface area contributed by atoms with Crippen LogP contribution in [-0.2, 0) is 9.59 Å². The zero-order valence-electron chi connectivity index (χ0n) is 12.3. The second-order valence-corrected chi connectivity index (χ2v) is 5.64. The first kappa shape index (κ1) is 17.8. The van der Waals surface area contributed by atoms with E-state index in [0.29, 0.717) is 22.3 Å². The maximum absolute atomic E-state index is 11.9. The molecule has 0 saturated heterocycles. The number of anilines is 1. The fourth-order valence-corrected chi connectivity index (χ4v) is 2.31. The van der Waals surface area contributed by atoms with Gasteiger partial charge in [0.15, 0.2) is 0 Å². The van der Waals surface area contributed by atoms with Gasteiger partial charge >= 0.3 is 0 Å². The summed E-state index contributed by atoms with van der Waals surface area (Å²) in [5.74, 6) is -0.559. The summed E-state index contributed by atoms with van der Waals surface area (Å²) in [6.45, 7) is 2.48. The lowest BCUT2D eigenvalue weighted by Crippen LogP contribution is -2.41. The number of halogens is 2. The molecule has 0 aromatic heterocycles. The molecular formula is C14H19Cl2N3O2. The molecule has 0 bridgehead atoms. The highest BCUT2D eigenvalue weighted by Crippen LogP contribution is 2.33. The normalized spacial score (nSPS) is 10.6. The van der Waals surface area contributed by atoms with Crippen molar-refractivity contribution >= 4 is 40.7 Å². The number of nitrogens with zero attached hydrogens (tertiary/aromatic N) is 2. The number of carbonyl (C=O) groups excluding carboxylic acids is 2. The second kappa shape index (κ2) is 8.22. The molecule has 0 aliphatic heterocycles. The highest BCUT2D eigenvalue weighted by molar-refractivity contribution is 6.40. The molecule has 2 amide bonds. The van der Waals surface area contributed by atoms with Gasteiger partial charge in [-0.3, -0.25) is 9.59 Å². The molecule has 1 aromatic carbocycles. The Morgan fingerprint density at radius 3 is 2.24 bits per heavy atom. The Balaban J connectivity index is 2.79. The van der Waals surface area contributed by atoms with E-state index in [1.54, 1.807) is 18.2 Å². The Morgan fingerprint density at radius 2 is 1.76 bits per heavy atom. The lowest BCUT2D eigenvalue weighted by Gasteiger charge is -2.23. The molecule has 0 heterocycles. The predicted octanol–water partition coefficient (Wildman–Crippen LogP) is 2.02. The van der Waals surface area contributed by atoms with Crippen molar-refractivity contribution in [1.29, 1.82) is 0 Å². The van der Waals surface area contributed by atoms with E-state index in [4.69, 9.17) is 23.2 Å². The number of likely N-dealkylation sites (N-methyl/N-ethyl adjacent to an activating group) is 1. The quantitative estimate of drug-likeness (QED) is 0.867. The molecule has 0 aliphatic rings. The standard InChI is InChI=1S/C14H19Cl2N3O2/c1-10(20)19(9-13(21)17-7-8-18(2)3)14-11(15)5-4-6-12(14)16/h4-6H,7-9H2,1-3H3,(H,17,21). The largest absolute Gasteiger partial charge is 0.353 e. The average molecular weight is 332 g/mol. The summed E-state index contributed by atoms with van der Waals surface area (Å²) < 4.78 is 0. The van der Waals surface area contributed by atoms with Gasteiger partial charge in [-0.15, -0.1) is 0 Å². The Labute approximate surface area is 134 Å². The third-order valence-electron chi connectivity index (χ3n) is 2.77. The molecule has 0 saturated carbocycles. The summed E-state index contributed by atoms with van der Waals surface area (Å²) in [5.41, 5.74) is 0.357. The number of para-hydroxylation sites is 1. The van der Waals surface area contributed by atoms with Crippen LogP contribution < -0.4 is 10.2 Å². The van der Waals surface area contributed by atoms with Gasteiger partial charge in [-0.05, 0) is 26.2 Å². The van der Waals surface area contributed by atoms with Crippen LogP contribution in [0.5, 0.6) is 0 Å². The SMILES string of the molecule is CC(=O)N(CC(=O)NCCN(C)C)c1c(Cl)cccc1Cl. The van der Waals surface area contributed by atoms with Crippen LogP contribution in [0.3, 0.4) is 0 Å². The summed E-state index contributed by atoms with van der Waals surface area (Å²) in [4.78, 5) is 26.9. The van der Waals surface area contributed by atoms with E-state index in [2.05, 4.69) is 5.32 Å². The van der Waals surface area contributed by atoms with Gasteiger partial charge in [0.2, 0.25) is 11.8 Å². The molecule has 0 fully saturated rings. The van der Waals surface area contributed by atoms with Gasteiger partial charge in [-0.1, -0.05) is 29.3 Å². The predicted molar refractivity (Wildman–Crippen MR) is 86.1 cm³/mol. The summed E-state index contributed by atoms with van der Waals surface area (Å²) in [6, 6.07) is 4.94. The molecule has 0 radical (unpaired) electrons. The molecule has 0 spiro atoms. The maximum atomic E-state index is 11.9. The van der Waals surface area contributed by atoms with E-state index in [-0.39, 0.29) is 18.4 Å². The van der Waals surface area contributed by atoms with E-state index in [0.717, 1.165) is 6.54 Å². The van der Waals surface area contributed by atoms with Crippen LogP contribution in [0.25, 0.3) is 0 Å². The number of carbonyl (C=O) groups is 2. The molecule has 0 aliphatic carbocycles. The van der Waals surface area contributed by atoms with Crippen molar-refractivity contribution < 1.29 is 9.59 Å². The van der Waals surface area contributed by atoms with Gasteiger partial charge in [0.25, 0.3) is 0 Å².